The van der Waals surface area contributed by atoms with Crippen LogP contribution in [-0.2, 0) is 4.79 Å². The van der Waals surface area contributed by atoms with Crippen molar-refractivity contribution in [3.63, 3.8) is 0 Å². The number of carbonyl (C=O) groups is 1. The van der Waals surface area contributed by atoms with Gasteiger partial charge in [-0.2, -0.15) is 0 Å². The summed E-state index contributed by atoms with van der Waals surface area (Å²) in [6.07, 6.45) is 2.59. The first-order valence-corrected chi connectivity index (χ1v) is 8.23. The van der Waals surface area contributed by atoms with Crippen LogP contribution >= 0.6 is 27.3 Å². The number of nitrogens with two attached hydrogens (primary N) is 2. The third-order valence-corrected chi connectivity index (χ3v) is 5.51. The first kappa shape index (κ1) is 15.0. The maximum absolute atomic E-state index is 10.9. The van der Waals surface area contributed by atoms with E-state index in [-0.39, 0.29) is 5.91 Å². The third-order valence-electron chi connectivity index (χ3n) is 3.72. The van der Waals surface area contributed by atoms with E-state index in [0.717, 1.165) is 30.4 Å². The Balaban J connectivity index is 1.93. The number of piperidine rings is 1. The van der Waals surface area contributed by atoms with E-state index in [4.69, 9.17) is 11.5 Å². The van der Waals surface area contributed by atoms with E-state index in [1.54, 1.807) is 11.3 Å². The standard InChI is InChI=1S/C13H20BrN3OS/c14-10-6-12(19-8-10)11(7-15)17-3-1-9(2-4-17)5-13(16)18/h6,8-9,11H,1-5,7,15H2,(H2,16,18). The van der Waals surface area contributed by atoms with Crippen molar-refractivity contribution >= 4 is 33.2 Å². The van der Waals surface area contributed by atoms with Crippen molar-refractivity contribution in [2.45, 2.75) is 25.3 Å². The molecule has 6 heteroatoms. The second kappa shape index (κ2) is 6.83. The quantitative estimate of drug-likeness (QED) is 0.858. The van der Waals surface area contributed by atoms with Gasteiger partial charge >= 0.3 is 0 Å². The van der Waals surface area contributed by atoms with Crippen molar-refractivity contribution in [2.75, 3.05) is 19.6 Å². The SMILES string of the molecule is NCC(c1cc(Br)cs1)N1CCC(CC(N)=O)CC1. The Labute approximate surface area is 126 Å². The minimum atomic E-state index is -0.184. The van der Waals surface area contributed by atoms with Gasteiger partial charge in [-0.15, -0.1) is 11.3 Å². The molecule has 1 amide bonds. The fourth-order valence-corrected chi connectivity index (χ4v) is 4.29. The molecule has 106 valence electrons. The van der Waals surface area contributed by atoms with E-state index in [1.165, 1.54) is 4.88 Å². The van der Waals surface area contributed by atoms with Gasteiger partial charge in [0.15, 0.2) is 0 Å². The van der Waals surface area contributed by atoms with E-state index in [2.05, 4.69) is 32.3 Å². The van der Waals surface area contributed by atoms with Crippen molar-refractivity contribution in [1.29, 1.82) is 0 Å². The second-order valence-corrected chi connectivity index (χ2v) is 6.93. The summed E-state index contributed by atoms with van der Waals surface area (Å²) in [6.45, 7) is 2.62. The van der Waals surface area contributed by atoms with E-state index >= 15 is 0 Å². The van der Waals surface area contributed by atoms with Crippen LogP contribution in [0.4, 0.5) is 0 Å². The molecule has 1 aromatic rings. The lowest BCUT2D eigenvalue weighted by Crippen LogP contribution is -2.40. The van der Waals surface area contributed by atoms with Gasteiger partial charge in [0.2, 0.25) is 5.91 Å². The predicted molar refractivity (Wildman–Crippen MR) is 81.9 cm³/mol. The van der Waals surface area contributed by atoms with Gasteiger partial charge in [-0.1, -0.05) is 0 Å². The largest absolute Gasteiger partial charge is 0.370 e. The van der Waals surface area contributed by atoms with Crippen LogP contribution in [0.1, 0.15) is 30.2 Å². The zero-order valence-electron chi connectivity index (χ0n) is 10.8. The van der Waals surface area contributed by atoms with Gasteiger partial charge < -0.3 is 11.5 Å². The highest BCUT2D eigenvalue weighted by molar-refractivity contribution is 9.10. The molecule has 2 heterocycles. The van der Waals surface area contributed by atoms with Crippen molar-refractivity contribution < 1.29 is 4.79 Å². The Hall–Kier alpha value is -0.430. The van der Waals surface area contributed by atoms with Crippen molar-refractivity contribution in [2.24, 2.45) is 17.4 Å². The average Bonchev–Trinajstić information content (AvgIpc) is 2.78. The zero-order valence-corrected chi connectivity index (χ0v) is 13.3. The maximum Gasteiger partial charge on any atom is 0.217 e. The number of hydrogen-bond donors (Lipinski definition) is 2. The lowest BCUT2D eigenvalue weighted by molar-refractivity contribution is -0.119. The molecule has 0 bridgehead atoms. The monoisotopic (exact) mass is 345 g/mol. The topological polar surface area (TPSA) is 72.3 Å². The molecule has 1 aliphatic heterocycles. The Morgan fingerprint density at radius 1 is 1.53 bits per heavy atom. The Bertz CT molecular complexity index is 429. The molecule has 1 aliphatic rings. The molecule has 0 aliphatic carbocycles. The fourth-order valence-electron chi connectivity index (χ4n) is 2.70. The molecule has 1 fully saturated rings. The van der Waals surface area contributed by atoms with Gasteiger partial charge in [-0.05, 0) is 53.8 Å². The van der Waals surface area contributed by atoms with Crippen LogP contribution in [0, 0.1) is 5.92 Å². The number of amides is 1. The molecule has 1 aromatic heterocycles. The van der Waals surface area contributed by atoms with E-state index in [1.807, 2.05) is 0 Å². The van der Waals surface area contributed by atoms with E-state index < -0.39 is 0 Å². The lowest BCUT2D eigenvalue weighted by Gasteiger charge is -2.36. The first-order chi connectivity index (χ1) is 9.10. The molecule has 1 saturated heterocycles. The molecule has 1 atom stereocenters. The summed E-state index contributed by atoms with van der Waals surface area (Å²) in [4.78, 5) is 14.7. The van der Waals surface area contributed by atoms with Crippen molar-refractivity contribution in [3.05, 3.63) is 20.8 Å². The van der Waals surface area contributed by atoms with Gasteiger partial charge in [0.25, 0.3) is 0 Å². The van der Waals surface area contributed by atoms with Gasteiger partial charge in [0.1, 0.15) is 0 Å². The number of thiophene rings is 1. The fraction of sp³-hybridized carbons (Fsp3) is 0.615. The summed E-state index contributed by atoms with van der Waals surface area (Å²) in [5.74, 6) is 0.262. The van der Waals surface area contributed by atoms with Crippen molar-refractivity contribution in [1.82, 2.24) is 4.90 Å². The minimum Gasteiger partial charge on any atom is -0.370 e. The number of primary amides is 1. The zero-order chi connectivity index (χ0) is 13.8. The number of rotatable bonds is 5. The Morgan fingerprint density at radius 3 is 2.68 bits per heavy atom. The summed E-state index contributed by atoms with van der Waals surface area (Å²) >= 11 is 5.23. The van der Waals surface area contributed by atoms with Gasteiger partial charge in [-0.25, -0.2) is 0 Å². The van der Waals surface area contributed by atoms with Crippen LogP contribution in [0.3, 0.4) is 0 Å². The third kappa shape index (κ3) is 4.02. The number of nitrogens with zero attached hydrogens (tertiary/aromatic N) is 1. The summed E-state index contributed by atoms with van der Waals surface area (Å²) < 4.78 is 1.12. The van der Waals surface area contributed by atoms with Crippen LogP contribution in [0.2, 0.25) is 0 Å². The Morgan fingerprint density at radius 2 is 2.21 bits per heavy atom. The van der Waals surface area contributed by atoms with Gasteiger partial charge in [0.05, 0.1) is 6.04 Å². The molecule has 2 rings (SSSR count). The summed E-state index contributed by atoms with van der Waals surface area (Å²) in [6, 6.07) is 2.45. The molecule has 0 spiro atoms. The number of halogens is 1. The molecule has 0 aromatic carbocycles. The van der Waals surface area contributed by atoms with E-state index in [9.17, 15) is 4.79 Å². The molecule has 19 heavy (non-hydrogen) atoms. The number of hydrogen-bond acceptors (Lipinski definition) is 4. The van der Waals surface area contributed by atoms with Crippen LogP contribution in [-0.4, -0.2) is 30.4 Å². The predicted octanol–water partition coefficient (Wildman–Crippen LogP) is 2.10. The summed E-state index contributed by atoms with van der Waals surface area (Å²) in [5, 5.41) is 2.10. The molecular formula is C13H20BrN3OS. The summed E-state index contributed by atoms with van der Waals surface area (Å²) in [5.41, 5.74) is 11.2. The highest BCUT2D eigenvalue weighted by Gasteiger charge is 2.26. The van der Waals surface area contributed by atoms with Gasteiger partial charge in [-0.3, -0.25) is 9.69 Å². The molecule has 0 saturated carbocycles. The normalized spacial score (nSPS) is 19.5. The van der Waals surface area contributed by atoms with Gasteiger partial charge in [0, 0.05) is 27.7 Å². The van der Waals surface area contributed by atoms with Crippen LogP contribution in [0.5, 0.6) is 0 Å². The highest BCUT2D eigenvalue weighted by Crippen LogP contribution is 2.32. The highest BCUT2D eigenvalue weighted by atomic mass is 79.9. The molecule has 4 nitrogen and oxygen atoms in total. The first-order valence-electron chi connectivity index (χ1n) is 6.56. The molecular weight excluding hydrogens is 326 g/mol. The number of likely N-dealkylation sites (tertiary alicyclic amines) is 1. The van der Waals surface area contributed by atoms with Crippen LogP contribution < -0.4 is 11.5 Å². The molecule has 0 radical (unpaired) electrons. The molecule has 1 unspecified atom stereocenters. The van der Waals surface area contributed by atoms with E-state index in [0.29, 0.717) is 24.9 Å². The summed E-state index contributed by atoms with van der Waals surface area (Å²) in [7, 11) is 0. The minimum absolute atomic E-state index is 0.184. The Kier molecular flexibility index (Phi) is 5.38. The lowest BCUT2D eigenvalue weighted by atomic mass is 9.92. The average molecular weight is 346 g/mol. The smallest absolute Gasteiger partial charge is 0.217 e. The number of carbonyl (C=O) groups excluding carboxylic acids is 1. The van der Waals surface area contributed by atoms with Crippen LogP contribution in [0.25, 0.3) is 0 Å². The van der Waals surface area contributed by atoms with Crippen molar-refractivity contribution in [3.8, 4) is 0 Å². The second-order valence-electron chi connectivity index (χ2n) is 5.07. The maximum atomic E-state index is 10.9. The van der Waals surface area contributed by atoms with Crippen LogP contribution in [0.15, 0.2) is 15.9 Å². The molecule has 4 N–H and O–H groups in total.